The van der Waals surface area contributed by atoms with Crippen molar-refractivity contribution in [1.29, 1.82) is 0 Å². The summed E-state index contributed by atoms with van der Waals surface area (Å²) in [7, 11) is 0. The first-order valence-corrected chi connectivity index (χ1v) is 5.10. The van der Waals surface area contributed by atoms with Crippen LogP contribution in [0, 0.1) is 23.7 Å². The van der Waals surface area contributed by atoms with Crippen LogP contribution in [-0.4, -0.2) is 0 Å². The molecule has 70 valence electrons. The molecule has 0 aromatic rings. The SMILES string of the molecule is C=C(C)C1C2C=CC(C2)C1C(=C)C. The van der Waals surface area contributed by atoms with E-state index in [4.69, 9.17) is 0 Å². The number of hydrogen-bond donors (Lipinski definition) is 0. The molecular weight excluding hydrogens is 156 g/mol. The fraction of sp³-hybridized carbons (Fsp3) is 0.538. The molecule has 0 saturated heterocycles. The van der Waals surface area contributed by atoms with Crippen LogP contribution < -0.4 is 0 Å². The maximum absolute atomic E-state index is 4.11. The minimum absolute atomic E-state index is 0.674. The topological polar surface area (TPSA) is 0 Å². The monoisotopic (exact) mass is 174 g/mol. The average Bonchev–Trinajstić information content (AvgIpc) is 2.60. The first kappa shape index (κ1) is 8.80. The molecule has 0 nitrogen and oxygen atoms in total. The van der Waals surface area contributed by atoms with Gasteiger partial charge in [-0.25, -0.2) is 0 Å². The van der Waals surface area contributed by atoms with E-state index < -0.39 is 0 Å². The first-order chi connectivity index (χ1) is 6.11. The second-order valence-corrected chi connectivity index (χ2v) is 4.69. The van der Waals surface area contributed by atoms with Gasteiger partial charge in [0.1, 0.15) is 0 Å². The Balaban J connectivity index is 2.30. The smallest absolute Gasteiger partial charge is 0.00744 e. The summed E-state index contributed by atoms with van der Waals surface area (Å²) >= 11 is 0. The van der Waals surface area contributed by atoms with Crippen LogP contribution in [0.1, 0.15) is 20.3 Å². The van der Waals surface area contributed by atoms with E-state index in [1.807, 2.05) is 0 Å². The molecule has 1 fully saturated rings. The fourth-order valence-electron chi connectivity index (χ4n) is 3.17. The van der Waals surface area contributed by atoms with Gasteiger partial charge in [-0.15, -0.1) is 0 Å². The van der Waals surface area contributed by atoms with Crippen LogP contribution in [-0.2, 0) is 0 Å². The summed E-state index contributed by atoms with van der Waals surface area (Å²) in [6, 6.07) is 0. The van der Waals surface area contributed by atoms with Crippen molar-refractivity contribution in [2.45, 2.75) is 20.3 Å². The van der Waals surface area contributed by atoms with Gasteiger partial charge in [0.25, 0.3) is 0 Å². The summed E-state index contributed by atoms with van der Waals surface area (Å²) < 4.78 is 0. The predicted octanol–water partition coefficient (Wildman–Crippen LogP) is 3.58. The van der Waals surface area contributed by atoms with Crippen molar-refractivity contribution < 1.29 is 0 Å². The van der Waals surface area contributed by atoms with Gasteiger partial charge < -0.3 is 0 Å². The molecule has 1 saturated carbocycles. The van der Waals surface area contributed by atoms with Crippen LogP contribution in [0.3, 0.4) is 0 Å². The van der Waals surface area contributed by atoms with E-state index in [0.717, 1.165) is 11.8 Å². The number of fused-ring (bicyclic) bond motifs is 2. The first-order valence-electron chi connectivity index (χ1n) is 5.10. The minimum atomic E-state index is 0.674. The third-order valence-corrected chi connectivity index (χ3v) is 3.60. The third kappa shape index (κ3) is 1.20. The molecule has 0 heterocycles. The summed E-state index contributed by atoms with van der Waals surface area (Å²) in [6.07, 6.45) is 6.09. The van der Waals surface area contributed by atoms with Gasteiger partial charge in [-0.1, -0.05) is 36.5 Å². The normalized spacial score (nSPS) is 41.1. The number of allylic oxidation sites excluding steroid dienone is 4. The van der Waals surface area contributed by atoms with E-state index in [2.05, 4.69) is 39.2 Å². The summed E-state index contributed by atoms with van der Waals surface area (Å²) in [4.78, 5) is 0. The largest absolute Gasteiger partial charge is 0.0998 e. The summed E-state index contributed by atoms with van der Waals surface area (Å²) in [5.41, 5.74) is 2.68. The van der Waals surface area contributed by atoms with Gasteiger partial charge in [-0.05, 0) is 43.9 Å². The lowest BCUT2D eigenvalue weighted by Crippen LogP contribution is -2.20. The molecule has 0 heteroatoms. The molecular formula is C13H18. The standard InChI is InChI=1S/C13H18/c1-8(2)12-10-5-6-11(7-10)13(12)9(3)4/h5-6,10-13H,1,3,7H2,2,4H3. The molecule has 0 aromatic carbocycles. The van der Waals surface area contributed by atoms with Crippen LogP contribution in [0.15, 0.2) is 36.5 Å². The average molecular weight is 174 g/mol. The summed E-state index contributed by atoms with van der Waals surface area (Å²) in [6.45, 7) is 12.6. The number of hydrogen-bond acceptors (Lipinski definition) is 0. The van der Waals surface area contributed by atoms with Crippen molar-refractivity contribution >= 4 is 0 Å². The van der Waals surface area contributed by atoms with E-state index in [9.17, 15) is 0 Å². The van der Waals surface area contributed by atoms with E-state index in [-0.39, 0.29) is 0 Å². The van der Waals surface area contributed by atoms with Gasteiger partial charge in [-0.2, -0.15) is 0 Å². The number of rotatable bonds is 2. The van der Waals surface area contributed by atoms with Crippen molar-refractivity contribution in [2.75, 3.05) is 0 Å². The molecule has 4 unspecified atom stereocenters. The molecule has 2 bridgehead atoms. The molecule has 0 aromatic heterocycles. The lowest BCUT2D eigenvalue weighted by atomic mass is 9.76. The highest BCUT2D eigenvalue weighted by Gasteiger charge is 2.44. The molecule has 0 spiro atoms. The van der Waals surface area contributed by atoms with Gasteiger partial charge >= 0.3 is 0 Å². The van der Waals surface area contributed by atoms with Gasteiger partial charge in [0.2, 0.25) is 0 Å². The van der Waals surface area contributed by atoms with Crippen molar-refractivity contribution in [3.8, 4) is 0 Å². The van der Waals surface area contributed by atoms with Crippen LogP contribution in [0.25, 0.3) is 0 Å². The highest BCUT2D eigenvalue weighted by molar-refractivity contribution is 5.26. The van der Waals surface area contributed by atoms with Crippen LogP contribution in [0.4, 0.5) is 0 Å². The third-order valence-electron chi connectivity index (χ3n) is 3.60. The van der Waals surface area contributed by atoms with E-state index in [1.54, 1.807) is 0 Å². The lowest BCUT2D eigenvalue weighted by Gasteiger charge is -2.28. The van der Waals surface area contributed by atoms with Gasteiger partial charge in [0.15, 0.2) is 0 Å². The van der Waals surface area contributed by atoms with Crippen molar-refractivity contribution in [3.63, 3.8) is 0 Å². The molecule has 4 atom stereocenters. The maximum Gasteiger partial charge on any atom is -0.00744 e. The van der Waals surface area contributed by atoms with E-state index in [1.165, 1.54) is 17.6 Å². The molecule has 0 N–H and O–H groups in total. The Morgan fingerprint density at radius 3 is 1.69 bits per heavy atom. The van der Waals surface area contributed by atoms with Crippen molar-refractivity contribution in [3.05, 3.63) is 36.5 Å². The quantitative estimate of drug-likeness (QED) is 0.561. The molecule has 2 rings (SSSR count). The van der Waals surface area contributed by atoms with Crippen molar-refractivity contribution in [2.24, 2.45) is 23.7 Å². The Hall–Kier alpha value is -0.780. The van der Waals surface area contributed by atoms with E-state index in [0.29, 0.717) is 11.8 Å². The molecule has 13 heavy (non-hydrogen) atoms. The minimum Gasteiger partial charge on any atom is -0.0998 e. The van der Waals surface area contributed by atoms with Crippen LogP contribution in [0.2, 0.25) is 0 Å². The van der Waals surface area contributed by atoms with Crippen LogP contribution >= 0.6 is 0 Å². The molecule has 2 aliphatic carbocycles. The Morgan fingerprint density at radius 1 is 1.00 bits per heavy atom. The Labute approximate surface area is 81.0 Å². The molecule has 0 amide bonds. The zero-order valence-corrected chi connectivity index (χ0v) is 8.59. The lowest BCUT2D eigenvalue weighted by molar-refractivity contribution is 0.408. The molecule has 2 aliphatic rings. The Kier molecular flexibility index (Phi) is 1.94. The van der Waals surface area contributed by atoms with Gasteiger partial charge in [-0.3, -0.25) is 0 Å². The highest BCUT2D eigenvalue weighted by Crippen LogP contribution is 2.52. The fourth-order valence-corrected chi connectivity index (χ4v) is 3.17. The highest BCUT2D eigenvalue weighted by atomic mass is 14.5. The summed E-state index contributed by atoms with van der Waals surface area (Å²) in [5, 5.41) is 0. The van der Waals surface area contributed by atoms with Gasteiger partial charge in [0.05, 0.1) is 0 Å². The molecule has 0 aliphatic heterocycles. The molecule has 0 radical (unpaired) electrons. The van der Waals surface area contributed by atoms with Crippen molar-refractivity contribution in [1.82, 2.24) is 0 Å². The zero-order valence-electron chi connectivity index (χ0n) is 8.59. The maximum atomic E-state index is 4.11. The Bertz CT molecular complexity index is 254. The van der Waals surface area contributed by atoms with E-state index >= 15 is 0 Å². The van der Waals surface area contributed by atoms with Crippen LogP contribution in [0.5, 0.6) is 0 Å². The predicted molar refractivity (Wildman–Crippen MR) is 57.3 cm³/mol. The Morgan fingerprint density at radius 2 is 1.38 bits per heavy atom. The zero-order chi connectivity index (χ0) is 9.59. The second-order valence-electron chi connectivity index (χ2n) is 4.69. The van der Waals surface area contributed by atoms with Gasteiger partial charge in [0, 0.05) is 0 Å². The summed E-state index contributed by atoms with van der Waals surface area (Å²) in [5.74, 6) is 2.85. The second kappa shape index (κ2) is 2.87.